The Morgan fingerprint density at radius 2 is 0.830 bits per heavy atom. The van der Waals surface area contributed by atoms with Gasteiger partial charge < -0.3 is 99.0 Å². The molecular formula is C68H98N16O28. The van der Waals surface area contributed by atoms with Crippen molar-refractivity contribution in [2.75, 3.05) is 137 Å². The lowest BCUT2D eigenvalue weighted by atomic mass is 9.96. The number of hydrogen-bond acceptors (Lipinski definition) is 25. The minimum atomic E-state index is -1.85. The van der Waals surface area contributed by atoms with E-state index in [1.54, 1.807) is 44.3 Å². The average molecular weight is 1590 g/mol. The van der Waals surface area contributed by atoms with Crippen LogP contribution in [-0.2, 0) is 106 Å². The highest BCUT2D eigenvalue weighted by Gasteiger charge is 2.37. The maximum absolute atomic E-state index is 14.3. The topological polar surface area (TPSA) is 658 Å². The summed E-state index contributed by atoms with van der Waals surface area (Å²) in [5.41, 5.74) is 7.90. The number of benzene rings is 2. The van der Waals surface area contributed by atoms with Gasteiger partial charge in [-0.2, -0.15) is 0 Å². The molecule has 0 saturated heterocycles. The Bertz CT molecular complexity index is 3600. The molecule has 44 nitrogen and oxygen atoms in total. The van der Waals surface area contributed by atoms with Crippen LogP contribution in [0.3, 0.4) is 0 Å². The first-order valence-corrected chi connectivity index (χ1v) is 34.9. The van der Waals surface area contributed by atoms with Crippen LogP contribution in [0, 0.1) is 5.92 Å². The zero-order chi connectivity index (χ0) is 83.9. The largest absolute Gasteiger partial charge is 0.480 e. The van der Waals surface area contributed by atoms with E-state index in [1.165, 1.54) is 11.8 Å². The second-order valence-corrected chi connectivity index (χ2v) is 26.1. The van der Waals surface area contributed by atoms with Gasteiger partial charge in [-0.15, -0.1) is 0 Å². The number of carbonyl (C=O) groups excluding carboxylic acids is 8. The molecule has 0 saturated carbocycles. The van der Waals surface area contributed by atoms with Gasteiger partial charge in [0.2, 0.25) is 47.3 Å². The SMILES string of the molecule is CCC(C)[C@H](NC(=O)[C@H](Cc1c[nH]c2ccccc12)NC(C)=O)C(=O)N[C@@H](CCC(N)=O)C(=O)NCc1ccc(CNC(=O)CN(CCNC(=O)[C@@H](CN(CCN(CC(=O)O)CC(=O)O)CC(=O)O)N(CC(=O)O)CC(=O)O)CCNC(=O)[C@@H](CN(CCN(CC(=O)O)CC(=O)O)CC(=O)O)N(CC(=O)O)CC(=O)O)cc1. The molecule has 0 aliphatic carbocycles. The summed E-state index contributed by atoms with van der Waals surface area (Å²) in [5.74, 6) is -22.6. The minimum absolute atomic E-state index is 0.0490. The molecule has 6 atom stereocenters. The van der Waals surface area contributed by atoms with Gasteiger partial charge in [0.25, 0.3) is 0 Å². The molecule has 0 bridgehead atoms. The number of amides is 8. The fraction of sp³-hybridized carbons (Fsp3) is 0.529. The van der Waals surface area contributed by atoms with Crippen molar-refractivity contribution >= 4 is 118 Å². The number of carboxylic acid groups (broad SMARTS) is 10. The number of nitrogens with one attached hydrogen (secondary N) is 8. The van der Waals surface area contributed by atoms with Gasteiger partial charge in [0.1, 0.15) is 30.2 Å². The van der Waals surface area contributed by atoms with Gasteiger partial charge >= 0.3 is 59.7 Å². The van der Waals surface area contributed by atoms with Crippen molar-refractivity contribution in [3.8, 4) is 0 Å². The number of primary amides is 1. The third-order valence-electron chi connectivity index (χ3n) is 17.0. The molecule has 0 aliphatic rings. The molecule has 0 fully saturated rings. The molecule has 0 radical (unpaired) electrons. The zero-order valence-electron chi connectivity index (χ0n) is 61.8. The van der Waals surface area contributed by atoms with Crippen molar-refractivity contribution in [3.63, 3.8) is 0 Å². The number of aliphatic carboxylic acids is 10. The van der Waals surface area contributed by atoms with Crippen LogP contribution in [0.2, 0.25) is 0 Å². The van der Waals surface area contributed by atoms with Crippen molar-refractivity contribution in [3.05, 3.63) is 71.4 Å². The van der Waals surface area contributed by atoms with Crippen molar-refractivity contribution in [1.29, 1.82) is 0 Å². The summed E-state index contributed by atoms with van der Waals surface area (Å²) in [6, 6.07) is 6.16. The molecular weight excluding hydrogens is 1490 g/mol. The van der Waals surface area contributed by atoms with Crippen LogP contribution in [0.4, 0.5) is 0 Å². The predicted octanol–water partition coefficient (Wildman–Crippen LogP) is -6.64. The number of aromatic amines is 1. The molecule has 0 aliphatic heterocycles. The van der Waals surface area contributed by atoms with Gasteiger partial charge in [-0.3, -0.25) is 121 Å². The van der Waals surface area contributed by atoms with E-state index in [0.717, 1.165) is 30.5 Å². The van der Waals surface area contributed by atoms with E-state index < -0.39 is 281 Å². The standard InChI is InChI=1S/C68H98N16O28/c1-4-40(2)63(77-65(109)48(75-41(3)85)23-44-26-72-46-8-6-5-7-45(44)46)68(112)76-47(13-14-51(69)86)64(108)74-25-43-11-9-42(10-12-43)24-73-52(87)29-78(17-15-70-66(110)49(83(36-59(100)101)37-60(102)103)27-79(30-53(88)89)19-21-81(32-55(92)93)33-56(94)95)18-16-71-67(111)50(84(38-61(104)105)39-62(106)107)28-80(31-54(90)91)20-22-82(34-57(96)97)35-58(98)99/h5-12,26,40,47-50,63,72H,4,13-25,27-39H2,1-3H3,(H2,69,86)(H,70,110)(H,71,111)(H,73,87)(H,74,108)(H,75,85)(H,76,112)(H,77,109)(H,88,89)(H,90,91)(H,92,93)(H,94,95)(H,96,97)(H,98,99)(H,100,101)(H,102,103)(H,104,105)(H,106,107)/t40?,47-,48-,49+,50+,63-/m0/s1. The molecule has 112 heavy (non-hydrogen) atoms. The Labute approximate surface area is 639 Å². The number of fused-ring (bicyclic) bond motifs is 1. The summed E-state index contributed by atoms with van der Waals surface area (Å²) in [4.78, 5) is 237. The molecule has 8 amide bonds. The van der Waals surface area contributed by atoms with E-state index >= 15 is 0 Å². The lowest BCUT2D eigenvalue weighted by molar-refractivity contribution is -0.147. The normalized spacial score (nSPS) is 13.0. The summed E-state index contributed by atoms with van der Waals surface area (Å²) < 4.78 is 0. The van der Waals surface area contributed by atoms with E-state index in [-0.39, 0.29) is 32.4 Å². The first kappa shape index (κ1) is 94.4. The molecule has 618 valence electrons. The number of nitrogens with two attached hydrogens (primary N) is 1. The van der Waals surface area contributed by atoms with E-state index in [4.69, 9.17) is 5.73 Å². The maximum Gasteiger partial charge on any atom is 0.317 e. The lowest BCUT2D eigenvalue weighted by Crippen LogP contribution is -2.58. The highest BCUT2D eigenvalue weighted by molar-refractivity contribution is 5.95. The van der Waals surface area contributed by atoms with E-state index in [0.29, 0.717) is 32.9 Å². The van der Waals surface area contributed by atoms with Crippen LogP contribution in [0.15, 0.2) is 54.7 Å². The second-order valence-electron chi connectivity index (χ2n) is 26.1. The van der Waals surface area contributed by atoms with Crippen molar-refractivity contribution in [2.45, 2.75) is 89.8 Å². The molecule has 1 aromatic heterocycles. The van der Waals surface area contributed by atoms with Gasteiger partial charge in [-0.1, -0.05) is 62.7 Å². The molecule has 1 unspecified atom stereocenters. The Hall–Kier alpha value is -11.8. The number of nitrogens with zero attached hydrogens (tertiary/aromatic N) is 7. The Morgan fingerprint density at radius 1 is 0.429 bits per heavy atom. The summed E-state index contributed by atoms with van der Waals surface area (Å²) in [5, 5.41) is 116. The first-order valence-electron chi connectivity index (χ1n) is 34.9. The number of hydrogen-bond donors (Lipinski definition) is 19. The molecule has 20 N–H and O–H groups in total. The van der Waals surface area contributed by atoms with Crippen LogP contribution in [0.25, 0.3) is 10.9 Å². The lowest BCUT2D eigenvalue weighted by Gasteiger charge is -2.33. The Balaban J connectivity index is 1.97. The van der Waals surface area contributed by atoms with Crippen molar-refractivity contribution in [1.82, 2.24) is 76.5 Å². The number of H-pyrrole nitrogens is 1. The molecule has 3 rings (SSSR count). The summed E-state index contributed by atoms with van der Waals surface area (Å²) in [6.45, 7) is -11.2. The molecule has 3 aromatic rings. The fourth-order valence-electron chi connectivity index (χ4n) is 11.6. The fourth-order valence-corrected chi connectivity index (χ4v) is 11.6. The minimum Gasteiger partial charge on any atom is -0.480 e. The van der Waals surface area contributed by atoms with Gasteiger partial charge in [0.05, 0.1) is 72.0 Å². The van der Waals surface area contributed by atoms with Gasteiger partial charge in [0.15, 0.2) is 0 Å². The van der Waals surface area contributed by atoms with E-state index in [9.17, 15) is 137 Å². The van der Waals surface area contributed by atoms with Crippen LogP contribution >= 0.6 is 0 Å². The first-order chi connectivity index (χ1) is 52.7. The predicted molar refractivity (Wildman–Crippen MR) is 387 cm³/mol. The van der Waals surface area contributed by atoms with Crippen LogP contribution in [0.1, 0.15) is 56.7 Å². The van der Waals surface area contributed by atoms with Gasteiger partial charge in [-0.05, 0) is 35.1 Å². The maximum atomic E-state index is 14.3. The van der Waals surface area contributed by atoms with Crippen molar-refractivity contribution < 1.29 is 137 Å². The monoisotopic (exact) mass is 1590 g/mol. The van der Waals surface area contributed by atoms with Crippen LogP contribution < -0.4 is 43.0 Å². The molecule has 44 heteroatoms. The Morgan fingerprint density at radius 3 is 1.23 bits per heavy atom. The number of carbonyl (C=O) groups is 18. The van der Waals surface area contributed by atoms with Crippen LogP contribution in [-0.4, -0.2) is 365 Å². The third-order valence-corrected chi connectivity index (χ3v) is 17.0. The number of aromatic nitrogens is 1. The summed E-state index contributed by atoms with van der Waals surface area (Å²) >= 11 is 0. The van der Waals surface area contributed by atoms with Crippen LogP contribution in [0.5, 0.6) is 0 Å². The second kappa shape index (κ2) is 48.6. The average Bonchev–Trinajstić information content (AvgIpc) is 1.65. The summed E-state index contributed by atoms with van der Waals surface area (Å²) in [7, 11) is 0. The van der Waals surface area contributed by atoms with Gasteiger partial charge in [-0.25, -0.2) is 0 Å². The van der Waals surface area contributed by atoms with Gasteiger partial charge in [0, 0.05) is 115 Å². The Kier molecular flexibility index (Phi) is 41.0. The third kappa shape index (κ3) is 37.5. The summed E-state index contributed by atoms with van der Waals surface area (Å²) in [6.07, 6.45) is 1.53. The number of rotatable bonds is 59. The van der Waals surface area contributed by atoms with E-state index in [1.807, 2.05) is 24.3 Å². The quantitative estimate of drug-likeness (QED) is 0.0250. The number of carboxylic acids is 10. The molecule has 2 aromatic carbocycles. The zero-order valence-corrected chi connectivity index (χ0v) is 61.8. The smallest absolute Gasteiger partial charge is 0.317 e. The number of para-hydroxylation sites is 1. The van der Waals surface area contributed by atoms with E-state index in [2.05, 4.69) is 42.2 Å². The molecule has 1 heterocycles. The molecule has 0 spiro atoms. The van der Waals surface area contributed by atoms with Crippen molar-refractivity contribution in [2.24, 2.45) is 11.7 Å². The highest BCUT2D eigenvalue weighted by atomic mass is 16.4. The highest BCUT2D eigenvalue weighted by Crippen LogP contribution is 2.20.